The third-order valence-corrected chi connectivity index (χ3v) is 3.56. The first-order chi connectivity index (χ1) is 8.54. The minimum Gasteiger partial charge on any atom is -0.369 e. The molecule has 3 N–H and O–H groups in total. The monoisotopic (exact) mass is 251 g/mol. The van der Waals surface area contributed by atoms with Crippen LogP contribution in [0.1, 0.15) is 17.7 Å². The van der Waals surface area contributed by atoms with Gasteiger partial charge in [-0.05, 0) is 20.4 Å². The average Bonchev–Trinajstić information content (AvgIpc) is 2.86. The van der Waals surface area contributed by atoms with E-state index in [0.29, 0.717) is 6.54 Å². The molecule has 1 unspecified atom stereocenters. The topological polar surface area (TPSA) is 76.2 Å². The number of carbonyl (C=O) groups is 1. The standard InChI is InChI=1S/C12H21N5O/c1-8-10(6-14-2)12(16(3)15-8)17-5-4-9(7-17)11(13)18/h9,14H,4-7H2,1-3H3,(H2,13,18). The van der Waals surface area contributed by atoms with Gasteiger partial charge in [0.1, 0.15) is 5.82 Å². The lowest BCUT2D eigenvalue weighted by atomic mass is 10.1. The molecule has 18 heavy (non-hydrogen) atoms. The molecular formula is C12H21N5O. The molecule has 0 spiro atoms. The number of anilines is 1. The smallest absolute Gasteiger partial charge is 0.222 e. The molecule has 1 aliphatic rings. The Kier molecular flexibility index (Phi) is 3.56. The van der Waals surface area contributed by atoms with Crippen molar-refractivity contribution in [3.05, 3.63) is 11.3 Å². The Morgan fingerprint density at radius 1 is 1.61 bits per heavy atom. The number of nitrogens with zero attached hydrogens (tertiary/aromatic N) is 3. The van der Waals surface area contributed by atoms with Crippen LogP contribution < -0.4 is 16.0 Å². The summed E-state index contributed by atoms with van der Waals surface area (Å²) in [7, 11) is 3.87. The molecular weight excluding hydrogens is 230 g/mol. The van der Waals surface area contributed by atoms with Gasteiger partial charge in [0.15, 0.2) is 0 Å². The second kappa shape index (κ2) is 4.97. The van der Waals surface area contributed by atoms with Crippen LogP contribution in [0, 0.1) is 12.8 Å². The number of aryl methyl sites for hydroxylation is 2. The molecule has 1 saturated heterocycles. The van der Waals surface area contributed by atoms with E-state index in [1.54, 1.807) is 0 Å². The van der Waals surface area contributed by atoms with Crippen LogP contribution in [0.25, 0.3) is 0 Å². The normalized spacial score (nSPS) is 19.5. The van der Waals surface area contributed by atoms with Crippen LogP contribution in [0.2, 0.25) is 0 Å². The van der Waals surface area contributed by atoms with Crippen molar-refractivity contribution in [1.29, 1.82) is 0 Å². The van der Waals surface area contributed by atoms with Crippen molar-refractivity contribution in [2.24, 2.45) is 18.7 Å². The van der Waals surface area contributed by atoms with Gasteiger partial charge in [-0.1, -0.05) is 0 Å². The molecule has 1 aromatic heterocycles. The SMILES string of the molecule is CNCc1c(C)nn(C)c1N1CCC(C(N)=O)C1. The van der Waals surface area contributed by atoms with Crippen LogP contribution in [0.3, 0.4) is 0 Å². The molecule has 100 valence electrons. The summed E-state index contributed by atoms with van der Waals surface area (Å²) in [4.78, 5) is 13.5. The molecule has 0 bridgehead atoms. The van der Waals surface area contributed by atoms with Crippen molar-refractivity contribution in [2.45, 2.75) is 19.9 Å². The molecule has 6 heteroatoms. The number of amides is 1. The summed E-state index contributed by atoms with van der Waals surface area (Å²) in [6, 6.07) is 0. The maximum absolute atomic E-state index is 11.2. The van der Waals surface area contributed by atoms with E-state index in [0.717, 1.165) is 31.0 Å². The molecule has 2 rings (SSSR count). The first-order valence-electron chi connectivity index (χ1n) is 6.26. The summed E-state index contributed by atoms with van der Waals surface area (Å²) < 4.78 is 1.89. The zero-order chi connectivity index (χ0) is 13.3. The molecule has 1 atom stereocenters. The largest absolute Gasteiger partial charge is 0.369 e. The van der Waals surface area contributed by atoms with E-state index >= 15 is 0 Å². The first-order valence-corrected chi connectivity index (χ1v) is 6.26. The minimum atomic E-state index is -0.202. The second-order valence-electron chi connectivity index (χ2n) is 4.88. The highest BCUT2D eigenvalue weighted by Crippen LogP contribution is 2.28. The molecule has 1 aliphatic heterocycles. The zero-order valence-corrected chi connectivity index (χ0v) is 11.2. The Morgan fingerprint density at radius 2 is 2.33 bits per heavy atom. The molecule has 1 amide bonds. The first kappa shape index (κ1) is 12.9. The fraction of sp³-hybridized carbons (Fsp3) is 0.667. The Bertz CT molecular complexity index is 454. The molecule has 0 saturated carbocycles. The number of nitrogens with two attached hydrogens (primary N) is 1. The highest BCUT2D eigenvalue weighted by atomic mass is 16.1. The molecule has 1 aromatic rings. The number of carbonyl (C=O) groups excluding carboxylic acids is 1. The lowest BCUT2D eigenvalue weighted by Gasteiger charge is -2.20. The van der Waals surface area contributed by atoms with E-state index in [1.165, 1.54) is 5.56 Å². The van der Waals surface area contributed by atoms with Gasteiger partial charge in [0.2, 0.25) is 5.91 Å². The molecule has 2 heterocycles. The van der Waals surface area contributed by atoms with Crippen molar-refractivity contribution >= 4 is 11.7 Å². The van der Waals surface area contributed by atoms with Crippen LogP contribution in [0.4, 0.5) is 5.82 Å². The predicted octanol–water partition coefficient (Wildman–Crippen LogP) is -0.240. The molecule has 0 radical (unpaired) electrons. The summed E-state index contributed by atoms with van der Waals surface area (Å²) >= 11 is 0. The zero-order valence-electron chi connectivity index (χ0n) is 11.2. The molecule has 1 fully saturated rings. The highest BCUT2D eigenvalue weighted by Gasteiger charge is 2.30. The van der Waals surface area contributed by atoms with Gasteiger partial charge in [0, 0.05) is 32.2 Å². The molecule has 6 nitrogen and oxygen atoms in total. The quantitative estimate of drug-likeness (QED) is 0.774. The van der Waals surface area contributed by atoms with E-state index in [-0.39, 0.29) is 11.8 Å². The van der Waals surface area contributed by atoms with Crippen LogP contribution in [0.5, 0.6) is 0 Å². The maximum Gasteiger partial charge on any atom is 0.222 e. The van der Waals surface area contributed by atoms with Gasteiger partial charge in [-0.3, -0.25) is 9.48 Å². The van der Waals surface area contributed by atoms with Gasteiger partial charge < -0.3 is 16.0 Å². The fourth-order valence-electron chi connectivity index (χ4n) is 2.65. The number of hydrogen-bond acceptors (Lipinski definition) is 4. The van der Waals surface area contributed by atoms with E-state index in [1.807, 2.05) is 25.7 Å². The van der Waals surface area contributed by atoms with Crippen LogP contribution in [0.15, 0.2) is 0 Å². The van der Waals surface area contributed by atoms with Crippen molar-refractivity contribution in [3.63, 3.8) is 0 Å². The number of rotatable bonds is 4. The molecule has 0 aromatic carbocycles. The van der Waals surface area contributed by atoms with E-state index in [4.69, 9.17) is 5.73 Å². The fourth-order valence-corrected chi connectivity index (χ4v) is 2.65. The number of primary amides is 1. The van der Waals surface area contributed by atoms with Gasteiger partial charge in [0.25, 0.3) is 0 Å². The van der Waals surface area contributed by atoms with Crippen LogP contribution >= 0.6 is 0 Å². The third-order valence-electron chi connectivity index (χ3n) is 3.56. The summed E-state index contributed by atoms with van der Waals surface area (Å²) in [6.45, 7) is 4.36. The van der Waals surface area contributed by atoms with Gasteiger partial charge in [0.05, 0.1) is 11.6 Å². The number of nitrogens with one attached hydrogen (secondary N) is 1. The summed E-state index contributed by atoms with van der Waals surface area (Å²) in [6.07, 6.45) is 0.832. The summed E-state index contributed by atoms with van der Waals surface area (Å²) in [5.41, 5.74) is 7.61. The molecule has 0 aliphatic carbocycles. The van der Waals surface area contributed by atoms with Crippen LogP contribution in [-0.4, -0.2) is 35.8 Å². The third kappa shape index (κ3) is 2.20. The Labute approximate surface area is 107 Å². The Balaban J connectivity index is 2.26. The van der Waals surface area contributed by atoms with E-state index < -0.39 is 0 Å². The lowest BCUT2D eigenvalue weighted by molar-refractivity contribution is -0.121. The Hall–Kier alpha value is -1.56. The van der Waals surface area contributed by atoms with Crippen molar-refractivity contribution in [1.82, 2.24) is 15.1 Å². The van der Waals surface area contributed by atoms with E-state index in [9.17, 15) is 4.79 Å². The highest BCUT2D eigenvalue weighted by molar-refractivity contribution is 5.78. The number of aromatic nitrogens is 2. The maximum atomic E-state index is 11.2. The van der Waals surface area contributed by atoms with Gasteiger partial charge in [-0.15, -0.1) is 0 Å². The van der Waals surface area contributed by atoms with Gasteiger partial charge in [-0.2, -0.15) is 5.10 Å². The predicted molar refractivity (Wildman–Crippen MR) is 70.2 cm³/mol. The van der Waals surface area contributed by atoms with Gasteiger partial charge in [-0.25, -0.2) is 0 Å². The minimum absolute atomic E-state index is 0.0392. The van der Waals surface area contributed by atoms with Crippen molar-refractivity contribution in [3.8, 4) is 0 Å². The lowest BCUT2D eigenvalue weighted by Crippen LogP contribution is -2.29. The van der Waals surface area contributed by atoms with Gasteiger partial charge >= 0.3 is 0 Å². The van der Waals surface area contributed by atoms with Crippen molar-refractivity contribution in [2.75, 3.05) is 25.0 Å². The van der Waals surface area contributed by atoms with Crippen LogP contribution in [-0.2, 0) is 18.4 Å². The average molecular weight is 251 g/mol. The Morgan fingerprint density at radius 3 is 2.89 bits per heavy atom. The summed E-state index contributed by atoms with van der Waals surface area (Å²) in [5, 5.41) is 7.63. The van der Waals surface area contributed by atoms with E-state index in [2.05, 4.69) is 15.3 Å². The summed E-state index contributed by atoms with van der Waals surface area (Å²) in [5.74, 6) is 0.861. The van der Waals surface area contributed by atoms with Crippen molar-refractivity contribution < 1.29 is 4.79 Å². The second-order valence-corrected chi connectivity index (χ2v) is 4.88. The number of hydrogen-bond donors (Lipinski definition) is 2.